The van der Waals surface area contributed by atoms with E-state index in [0.717, 1.165) is 4.41 Å². The molecule has 0 saturated carbocycles. The molecule has 0 spiro atoms. The van der Waals surface area contributed by atoms with Crippen LogP contribution in [-0.4, -0.2) is 11.0 Å². The molecule has 2 heteroatoms. The van der Waals surface area contributed by atoms with Crippen LogP contribution in [0.2, 0.25) is 0 Å². The van der Waals surface area contributed by atoms with E-state index in [1.165, 1.54) is 22.3 Å². The Morgan fingerprint density at radius 3 is 2.00 bits per heavy atom. The van der Waals surface area contributed by atoms with Gasteiger partial charge in [-0.3, -0.25) is 0 Å². The molecule has 0 bridgehead atoms. The molecule has 0 amide bonds. The van der Waals surface area contributed by atoms with E-state index in [4.69, 9.17) is 4.74 Å². The first kappa shape index (κ1) is 11.9. The number of rotatable bonds is 3. The topological polar surface area (TPSA) is 9.23 Å². The van der Waals surface area contributed by atoms with E-state index in [0.29, 0.717) is 12.5 Å². The van der Waals surface area contributed by atoms with Gasteiger partial charge in [0, 0.05) is 0 Å². The fraction of sp³-hybridized carbons (Fsp3) is 0.188. The Labute approximate surface area is 116 Å². The second-order valence-electron chi connectivity index (χ2n) is 4.56. The monoisotopic (exact) mass is 273 g/mol. The summed E-state index contributed by atoms with van der Waals surface area (Å²) >= 11 is 2.46. The molecule has 0 N–H and O–H groups in total. The van der Waals surface area contributed by atoms with Crippen LogP contribution in [0.25, 0.3) is 11.1 Å². The molecule has 0 heterocycles. The average molecular weight is 273 g/mol. The Bertz CT molecular complexity index is 558. The van der Waals surface area contributed by atoms with Crippen LogP contribution < -0.4 is 0 Å². The third kappa shape index (κ3) is 1.99. The Kier molecular flexibility index (Phi) is 3.21. The molecular formula is C16H14OV. The summed E-state index contributed by atoms with van der Waals surface area (Å²) in [5, 5.41) is 0. The minimum absolute atomic E-state index is 0.358. The fourth-order valence-electron chi connectivity index (χ4n) is 2.64. The minimum atomic E-state index is 0.358. The molecule has 0 radical (unpaired) electrons. The van der Waals surface area contributed by atoms with Gasteiger partial charge in [-0.15, -0.1) is 0 Å². The van der Waals surface area contributed by atoms with Crippen molar-refractivity contribution in [1.29, 1.82) is 0 Å². The van der Waals surface area contributed by atoms with E-state index in [1.807, 2.05) is 6.92 Å². The third-order valence-corrected chi connectivity index (χ3v) is 3.62. The van der Waals surface area contributed by atoms with E-state index in [-0.39, 0.29) is 0 Å². The van der Waals surface area contributed by atoms with Gasteiger partial charge in [-0.25, -0.2) is 0 Å². The molecular weight excluding hydrogens is 259 g/mol. The molecule has 18 heavy (non-hydrogen) atoms. The van der Waals surface area contributed by atoms with Crippen molar-refractivity contribution >= 4 is 4.41 Å². The zero-order chi connectivity index (χ0) is 12.5. The first-order valence-corrected chi connectivity index (χ1v) is 6.81. The van der Waals surface area contributed by atoms with Gasteiger partial charge in [0.1, 0.15) is 0 Å². The molecule has 1 nitrogen and oxygen atoms in total. The van der Waals surface area contributed by atoms with Crippen molar-refractivity contribution in [2.45, 2.75) is 12.8 Å². The molecule has 3 rings (SSSR count). The van der Waals surface area contributed by atoms with Gasteiger partial charge in [-0.1, -0.05) is 0 Å². The Hall–Kier alpha value is -1.15. The summed E-state index contributed by atoms with van der Waals surface area (Å²) in [6, 6.07) is 17.2. The van der Waals surface area contributed by atoms with Crippen molar-refractivity contribution < 1.29 is 21.7 Å². The van der Waals surface area contributed by atoms with E-state index in [1.54, 1.807) is 0 Å². The van der Waals surface area contributed by atoms with E-state index in [2.05, 4.69) is 65.5 Å². The molecule has 1 aliphatic carbocycles. The third-order valence-electron chi connectivity index (χ3n) is 3.42. The van der Waals surface area contributed by atoms with Gasteiger partial charge in [0.05, 0.1) is 0 Å². The van der Waals surface area contributed by atoms with Crippen LogP contribution in [0.15, 0.2) is 48.5 Å². The quantitative estimate of drug-likeness (QED) is 0.831. The van der Waals surface area contributed by atoms with Crippen LogP contribution in [0, 0.1) is 0 Å². The predicted molar refractivity (Wildman–Crippen MR) is 70.4 cm³/mol. The summed E-state index contributed by atoms with van der Waals surface area (Å²) in [7, 11) is 0. The summed E-state index contributed by atoms with van der Waals surface area (Å²) in [4.78, 5) is 0. The Balaban J connectivity index is 2.06. The SMILES string of the molecule is C[C](=[V])OCC1c2ccccc2-c2ccccc21. The van der Waals surface area contributed by atoms with Crippen LogP contribution >= 0.6 is 0 Å². The zero-order valence-corrected chi connectivity index (χ0v) is 11.7. The van der Waals surface area contributed by atoms with Crippen molar-refractivity contribution in [3.05, 3.63) is 59.7 Å². The van der Waals surface area contributed by atoms with Crippen LogP contribution in [0.4, 0.5) is 0 Å². The van der Waals surface area contributed by atoms with E-state index in [9.17, 15) is 0 Å². The normalized spacial score (nSPS) is 13.1. The zero-order valence-electron chi connectivity index (χ0n) is 10.3. The molecule has 0 unspecified atom stereocenters. The van der Waals surface area contributed by atoms with E-state index >= 15 is 0 Å². The number of hydrogen-bond acceptors (Lipinski definition) is 1. The van der Waals surface area contributed by atoms with Gasteiger partial charge >= 0.3 is 116 Å². The Morgan fingerprint density at radius 2 is 1.50 bits per heavy atom. The number of fused-ring (bicyclic) bond motifs is 3. The maximum absolute atomic E-state index is 5.73. The predicted octanol–water partition coefficient (Wildman–Crippen LogP) is 3.51. The molecule has 1 aliphatic rings. The second-order valence-corrected chi connectivity index (χ2v) is 5.54. The van der Waals surface area contributed by atoms with Crippen molar-refractivity contribution in [1.82, 2.24) is 0 Å². The molecule has 0 aliphatic heterocycles. The van der Waals surface area contributed by atoms with Gasteiger partial charge in [-0.2, -0.15) is 0 Å². The van der Waals surface area contributed by atoms with Crippen LogP contribution in [-0.2, 0) is 21.7 Å². The van der Waals surface area contributed by atoms with Gasteiger partial charge in [-0.05, 0) is 0 Å². The van der Waals surface area contributed by atoms with E-state index < -0.39 is 0 Å². The first-order chi connectivity index (χ1) is 8.77. The van der Waals surface area contributed by atoms with Crippen molar-refractivity contribution in [2.24, 2.45) is 0 Å². The first-order valence-electron chi connectivity index (χ1n) is 6.11. The van der Waals surface area contributed by atoms with Crippen molar-refractivity contribution in [3.8, 4) is 11.1 Å². The summed E-state index contributed by atoms with van der Waals surface area (Å²) in [6.07, 6.45) is 0. The molecule has 0 atom stereocenters. The van der Waals surface area contributed by atoms with Gasteiger partial charge in [0.2, 0.25) is 0 Å². The second kappa shape index (κ2) is 4.85. The Morgan fingerprint density at radius 1 is 1.00 bits per heavy atom. The summed E-state index contributed by atoms with van der Waals surface area (Å²) in [5.41, 5.74) is 5.47. The van der Waals surface area contributed by atoms with Crippen LogP contribution in [0.1, 0.15) is 24.0 Å². The van der Waals surface area contributed by atoms with Gasteiger partial charge in [0.15, 0.2) is 0 Å². The summed E-state index contributed by atoms with van der Waals surface area (Å²) < 4.78 is 6.69. The number of ether oxygens (including phenoxy) is 1. The number of hydrogen-bond donors (Lipinski definition) is 0. The van der Waals surface area contributed by atoms with Crippen molar-refractivity contribution in [2.75, 3.05) is 6.61 Å². The summed E-state index contributed by atoms with van der Waals surface area (Å²) in [5.74, 6) is 0.358. The summed E-state index contributed by atoms with van der Waals surface area (Å²) in [6.45, 7) is 2.70. The molecule has 89 valence electrons. The molecule has 2 aromatic rings. The maximum atomic E-state index is 5.73. The molecule has 0 saturated heterocycles. The molecule has 2 aromatic carbocycles. The standard InChI is InChI=1S/C16H14O.V/c1-2-17-11-16-14-9-5-3-7-12(14)13-8-4-6-10-15(13)16;/h3-10,16H,11H2,1H3;. The van der Waals surface area contributed by atoms with Crippen LogP contribution in [0.3, 0.4) is 0 Å². The van der Waals surface area contributed by atoms with Gasteiger partial charge < -0.3 is 0 Å². The molecule has 0 aromatic heterocycles. The van der Waals surface area contributed by atoms with Crippen LogP contribution in [0.5, 0.6) is 0 Å². The number of benzene rings is 2. The van der Waals surface area contributed by atoms with Gasteiger partial charge in [0.25, 0.3) is 0 Å². The molecule has 0 fully saturated rings. The average Bonchev–Trinajstić information content (AvgIpc) is 2.71. The fourth-order valence-corrected chi connectivity index (χ4v) is 2.76. The van der Waals surface area contributed by atoms with Crippen molar-refractivity contribution in [3.63, 3.8) is 0 Å².